The van der Waals surface area contributed by atoms with Crippen molar-refractivity contribution < 1.29 is 9.84 Å². The van der Waals surface area contributed by atoms with E-state index in [-0.39, 0.29) is 12.5 Å². The highest BCUT2D eigenvalue weighted by Crippen LogP contribution is 2.25. The maximum atomic E-state index is 8.81. The SMILES string of the molecule is CC(CO)COc1ccc(C#N)cc1Cl. The van der Waals surface area contributed by atoms with Gasteiger partial charge in [0.05, 0.1) is 23.3 Å². The Morgan fingerprint density at radius 1 is 1.60 bits per heavy atom. The first-order valence-electron chi connectivity index (χ1n) is 4.60. The number of aliphatic hydroxyl groups is 1. The van der Waals surface area contributed by atoms with E-state index in [4.69, 9.17) is 26.7 Å². The number of rotatable bonds is 4. The Balaban J connectivity index is 2.67. The largest absolute Gasteiger partial charge is 0.492 e. The maximum Gasteiger partial charge on any atom is 0.137 e. The van der Waals surface area contributed by atoms with Crippen LogP contribution >= 0.6 is 11.6 Å². The molecule has 1 aromatic rings. The van der Waals surface area contributed by atoms with Crippen LogP contribution in [0.15, 0.2) is 18.2 Å². The van der Waals surface area contributed by atoms with Crippen LogP contribution in [-0.2, 0) is 0 Å². The molecule has 0 fully saturated rings. The Morgan fingerprint density at radius 2 is 2.33 bits per heavy atom. The molecule has 0 saturated carbocycles. The van der Waals surface area contributed by atoms with Crippen LogP contribution in [0.4, 0.5) is 0 Å². The average Bonchev–Trinajstić information content (AvgIpc) is 2.26. The predicted molar refractivity (Wildman–Crippen MR) is 57.9 cm³/mol. The highest BCUT2D eigenvalue weighted by Gasteiger charge is 2.05. The fourth-order valence-electron chi connectivity index (χ4n) is 0.972. The lowest BCUT2D eigenvalue weighted by Gasteiger charge is -2.11. The van der Waals surface area contributed by atoms with Crippen LogP contribution in [0.2, 0.25) is 5.02 Å². The Hall–Kier alpha value is -1.24. The molecule has 15 heavy (non-hydrogen) atoms. The van der Waals surface area contributed by atoms with Crippen molar-refractivity contribution in [3.05, 3.63) is 28.8 Å². The number of ether oxygens (including phenoxy) is 1. The fraction of sp³-hybridized carbons (Fsp3) is 0.364. The number of hydrogen-bond donors (Lipinski definition) is 1. The monoisotopic (exact) mass is 225 g/mol. The molecule has 1 rings (SSSR count). The molecule has 1 atom stereocenters. The van der Waals surface area contributed by atoms with Gasteiger partial charge < -0.3 is 9.84 Å². The fourth-order valence-corrected chi connectivity index (χ4v) is 1.21. The molecule has 4 heteroatoms. The number of nitrogens with zero attached hydrogens (tertiary/aromatic N) is 1. The van der Waals surface area contributed by atoms with Gasteiger partial charge in [-0.3, -0.25) is 0 Å². The Kier molecular flexibility index (Phi) is 4.41. The van der Waals surface area contributed by atoms with Crippen molar-refractivity contribution in [1.82, 2.24) is 0 Å². The van der Waals surface area contributed by atoms with Crippen LogP contribution in [0.25, 0.3) is 0 Å². The minimum Gasteiger partial charge on any atom is -0.492 e. The maximum absolute atomic E-state index is 8.81. The normalized spacial score (nSPS) is 11.9. The minimum absolute atomic E-state index is 0.0664. The molecule has 3 nitrogen and oxygen atoms in total. The van der Waals surface area contributed by atoms with Gasteiger partial charge in [0.15, 0.2) is 0 Å². The summed E-state index contributed by atoms with van der Waals surface area (Å²) in [7, 11) is 0. The van der Waals surface area contributed by atoms with Crippen LogP contribution in [0, 0.1) is 17.2 Å². The minimum atomic E-state index is 0.0664. The summed E-state index contributed by atoms with van der Waals surface area (Å²) in [5, 5.41) is 17.9. The summed E-state index contributed by atoms with van der Waals surface area (Å²) in [5.41, 5.74) is 0.502. The van der Waals surface area contributed by atoms with Crippen molar-refractivity contribution in [2.75, 3.05) is 13.2 Å². The molecular formula is C11H12ClNO2. The first-order valence-corrected chi connectivity index (χ1v) is 4.98. The standard InChI is InChI=1S/C11H12ClNO2/c1-8(6-14)7-15-11-3-2-9(5-13)4-10(11)12/h2-4,8,14H,6-7H2,1H3. The van der Waals surface area contributed by atoms with E-state index in [2.05, 4.69) is 0 Å². The molecule has 0 amide bonds. The number of aliphatic hydroxyl groups excluding tert-OH is 1. The van der Waals surface area contributed by atoms with Crippen molar-refractivity contribution in [2.24, 2.45) is 5.92 Å². The molecule has 1 N–H and O–H groups in total. The Labute approximate surface area is 93.9 Å². The summed E-state index contributed by atoms with van der Waals surface area (Å²) >= 11 is 5.90. The van der Waals surface area contributed by atoms with Gasteiger partial charge >= 0.3 is 0 Å². The van der Waals surface area contributed by atoms with E-state index in [9.17, 15) is 0 Å². The van der Waals surface area contributed by atoms with Gasteiger partial charge in [0, 0.05) is 12.5 Å². The zero-order valence-electron chi connectivity index (χ0n) is 8.40. The van der Waals surface area contributed by atoms with Crippen molar-refractivity contribution in [2.45, 2.75) is 6.92 Å². The summed E-state index contributed by atoms with van der Waals surface area (Å²) in [6.07, 6.45) is 0. The van der Waals surface area contributed by atoms with Gasteiger partial charge in [-0.05, 0) is 18.2 Å². The molecule has 80 valence electrons. The molecular weight excluding hydrogens is 214 g/mol. The number of halogens is 1. The Morgan fingerprint density at radius 3 is 2.87 bits per heavy atom. The van der Waals surface area contributed by atoms with Crippen LogP contribution in [0.1, 0.15) is 12.5 Å². The molecule has 0 aliphatic rings. The van der Waals surface area contributed by atoms with Crippen molar-refractivity contribution in [3.8, 4) is 11.8 Å². The number of benzene rings is 1. The molecule has 0 spiro atoms. The van der Waals surface area contributed by atoms with Gasteiger partial charge in [-0.2, -0.15) is 5.26 Å². The van der Waals surface area contributed by atoms with Crippen LogP contribution in [0.3, 0.4) is 0 Å². The van der Waals surface area contributed by atoms with E-state index in [0.717, 1.165) is 0 Å². The smallest absolute Gasteiger partial charge is 0.137 e. The van der Waals surface area contributed by atoms with Gasteiger partial charge in [0.25, 0.3) is 0 Å². The third kappa shape index (κ3) is 3.43. The topological polar surface area (TPSA) is 53.2 Å². The second-order valence-corrected chi connectivity index (χ2v) is 3.76. The molecule has 0 bridgehead atoms. The van der Waals surface area contributed by atoms with Crippen LogP contribution < -0.4 is 4.74 Å². The summed E-state index contributed by atoms with van der Waals surface area (Å²) in [4.78, 5) is 0. The third-order valence-corrected chi connectivity index (χ3v) is 2.19. The highest BCUT2D eigenvalue weighted by molar-refractivity contribution is 6.32. The summed E-state index contributed by atoms with van der Waals surface area (Å²) < 4.78 is 5.39. The van der Waals surface area contributed by atoms with E-state index in [1.807, 2.05) is 13.0 Å². The van der Waals surface area contributed by atoms with E-state index < -0.39 is 0 Å². The van der Waals surface area contributed by atoms with E-state index in [1.54, 1.807) is 18.2 Å². The van der Waals surface area contributed by atoms with E-state index >= 15 is 0 Å². The molecule has 0 aromatic heterocycles. The van der Waals surface area contributed by atoms with E-state index in [0.29, 0.717) is 22.9 Å². The van der Waals surface area contributed by atoms with Crippen molar-refractivity contribution in [1.29, 1.82) is 5.26 Å². The van der Waals surface area contributed by atoms with Gasteiger partial charge in [-0.25, -0.2) is 0 Å². The highest BCUT2D eigenvalue weighted by atomic mass is 35.5. The lowest BCUT2D eigenvalue weighted by Crippen LogP contribution is -2.12. The van der Waals surface area contributed by atoms with Gasteiger partial charge in [-0.1, -0.05) is 18.5 Å². The van der Waals surface area contributed by atoms with Gasteiger partial charge in [0.2, 0.25) is 0 Å². The summed E-state index contributed by atoms with van der Waals surface area (Å²) in [6, 6.07) is 6.85. The quantitative estimate of drug-likeness (QED) is 0.855. The van der Waals surface area contributed by atoms with Gasteiger partial charge in [-0.15, -0.1) is 0 Å². The lowest BCUT2D eigenvalue weighted by molar-refractivity contribution is 0.174. The second-order valence-electron chi connectivity index (χ2n) is 3.36. The average molecular weight is 226 g/mol. The molecule has 1 unspecified atom stereocenters. The Bertz CT molecular complexity index is 373. The van der Waals surface area contributed by atoms with Crippen molar-refractivity contribution in [3.63, 3.8) is 0 Å². The van der Waals surface area contributed by atoms with E-state index in [1.165, 1.54) is 0 Å². The zero-order chi connectivity index (χ0) is 11.3. The molecule has 0 aliphatic carbocycles. The van der Waals surface area contributed by atoms with Gasteiger partial charge in [0.1, 0.15) is 5.75 Å². The molecule has 0 radical (unpaired) electrons. The summed E-state index contributed by atoms with van der Waals surface area (Å²) in [6.45, 7) is 2.35. The lowest BCUT2D eigenvalue weighted by atomic mass is 10.2. The molecule has 0 aliphatic heterocycles. The van der Waals surface area contributed by atoms with Crippen LogP contribution in [0.5, 0.6) is 5.75 Å². The third-order valence-electron chi connectivity index (χ3n) is 1.90. The summed E-state index contributed by atoms with van der Waals surface area (Å²) in [5.74, 6) is 0.604. The predicted octanol–water partition coefficient (Wildman–Crippen LogP) is 2.22. The van der Waals surface area contributed by atoms with Crippen molar-refractivity contribution >= 4 is 11.6 Å². The second kappa shape index (κ2) is 5.59. The number of nitriles is 1. The number of hydrogen-bond acceptors (Lipinski definition) is 3. The first kappa shape index (κ1) is 11.8. The van der Waals surface area contributed by atoms with Crippen LogP contribution in [-0.4, -0.2) is 18.3 Å². The molecule has 0 heterocycles. The zero-order valence-corrected chi connectivity index (χ0v) is 9.16. The molecule has 1 aromatic carbocycles. The first-order chi connectivity index (χ1) is 7.17. The molecule has 0 saturated heterocycles.